The molecule has 0 unspecified atom stereocenters. The minimum atomic E-state index is -0.590. The van der Waals surface area contributed by atoms with Crippen molar-refractivity contribution in [2.24, 2.45) is 4.99 Å². The van der Waals surface area contributed by atoms with Gasteiger partial charge in [-0.3, -0.25) is 5.32 Å². The van der Waals surface area contributed by atoms with Crippen LogP contribution >= 0.6 is 0 Å². The average Bonchev–Trinajstić information content (AvgIpc) is 2.35. The van der Waals surface area contributed by atoms with Gasteiger partial charge in [-0.25, -0.2) is 14.6 Å². The quantitative estimate of drug-likeness (QED) is 0.682. The first-order valence-electron chi connectivity index (χ1n) is 6.61. The van der Waals surface area contributed by atoms with Crippen molar-refractivity contribution in [3.8, 4) is 0 Å². The number of ether oxygens (including phenoxy) is 2. The van der Waals surface area contributed by atoms with Gasteiger partial charge in [-0.05, 0) is 39.8 Å². The number of carbonyl (C=O) groups is 2. The molecular weight excluding hydrogens is 272 g/mol. The summed E-state index contributed by atoms with van der Waals surface area (Å²) in [7, 11) is 0. The van der Waals surface area contributed by atoms with Crippen LogP contribution in [0.5, 0.6) is 0 Å². The largest absolute Gasteiger partial charge is 0.462 e. The minimum absolute atomic E-state index is 0.280. The number of para-hydroxylation sites is 2. The molecule has 0 saturated carbocycles. The number of aliphatic imine (C=N–C) groups is 1. The third kappa shape index (κ3) is 6.56. The number of anilines is 1. The van der Waals surface area contributed by atoms with Gasteiger partial charge in [0.2, 0.25) is 0 Å². The van der Waals surface area contributed by atoms with Crippen LogP contribution < -0.4 is 5.32 Å². The van der Waals surface area contributed by atoms with Crippen LogP contribution in [0, 0.1) is 0 Å². The third-order valence-electron chi connectivity index (χ3n) is 2.14. The fraction of sp³-hybridized carbons (Fsp3) is 0.400. The molecule has 0 fully saturated rings. The Morgan fingerprint density at radius 2 is 1.95 bits per heavy atom. The van der Waals surface area contributed by atoms with Crippen molar-refractivity contribution in [1.82, 2.24) is 0 Å². The highest BCUT2D eigenvalue weighted by atomic mass is 16.6. The molecule has 6 heteroatoms. The van der Waals surface area contributed by atoms with E-state index in [2.05, 4.69) is 10.3 Å². The van der Waals surface area contributed by atoms with E-state index < -0.39 is 17.7 Å². The smallest absolute Gasteiger partial charge is 0.412 e. The normalized spacial score (nSPS) is 11.2. The molecular formula is C15H20N2O4. The van der Waals surface area contributed by atoms with E-state index in [1.807, 2.05) is 0 Å². The van der Waals surface area contributed by atoms with Crippen LogP contribution in [0.3, 0.4) is 0 Å². The summed E-state index contributed by atoms with van der Waals surface area (Å²) >= 11 is 0. The molecule has 0 aromatic heterocycles. The Bertz CT molecular complexity index is 533. The van der Waals surface area contributed by atoms with Gasteiger partial charge in [-0.2, -0.15) is 0 Å². The number of nitrogens with zero attached hydrogens (tertiary/aromatic N) is 1. The first-order valence-corrected chi connectivity index (χ1v) is 6.61. The van der Waals surface area contributed by atoms with Crippen LogP contribution in [0.25, 0.3) is 0 Å². The lowest BCUT2D eigenvalue weighted by Gasteiger charge is -2.20. The Kier molecular flexibility index (Phi) is 5.90. The highest BCUT2D eigenvalue weighted by molar-refractivity contribution is 6.23. The number of nitrogens with one attached hydrogen (secondary N) is 1. The molecule has 0 bridgehead atoms. The molecule has 0 spiro atoms. The lowest BCUT2D eigenvalue weighted by atomic mass is 10.2. The summed E-state index contributed by atoms with van der Waals surface area (Å²) in [5.74, 6) is -0.537. The molecule has 1 amide bonds. The van der Waals surface area contributed by atoms with Crippen LogP contribution in [-0.2, 0) is 14.3 Å². The summed E-state index contributed by atoms with van der Waals surface area (Å²) in [6.07, 6.45) is 0.486. The number of benzene rings is 1. The number of esters is 1. The molecule has 1 N–H and O–H groups in total. The van der Waals surface area contributed by atoms with Crippen LogP contribution in [0.4, 0.5) is 16.2 Å². The molecule has 0 heterocycles. The Morgan fingerprint density at radius 1 is 1.29 bits per heavy atom. The maximum Gasteiger partial charge on any atom is 0.412 e. The maximum atomic E-state index is 11.7. The van der Waals surface area contributed by atoms with Crippen molar-refractivity contribution in [2.75, 3.05) is 11.9 Å². The molecule has 1 rings (SSSR count). The topological polar surface area (TPSA) is 77.0 Å². The number of amides is 1. The van der Waals surface area contributed by atoms with Gasteiger partial charge in [0.15, 0.2) is 0 Å². The summed E-state index contributed by atoms with van der Waals surface area (Å²) in [4.78, 5) is 27.0. The van der Waals surface area contributed by atoms with Crippen molar-refractivity contribution in [1.29, 1.82) is 0 Å². The van der Waals surface area contributed by atoms with Crippen LogP contribution in [0.2, 0.25) is 0 Å². The van der Waals surface area contributed by atoms with Crippen LogP contribution in [0.15, 0.2) is 29.3 Å². The molecule has 0 aliphatic carbocycles. The van der Waals surface area contributed by atoms with Gasteiger partial charge in [0, 0.05) is 0 Å². The van der Waals surface area contributed by atoms with Gasteiger partial charge < -0.3 is 9.47 Å². The van der Waals surface area contributed by atoms with E-state index in [4.69, 9.17) is 9.47 Å². The van der Waals surface area contributed by atoms with Gasteiger partial charge in [-0.1, -0.05) is 12.1 Å². The van der Waals surface area contributed by atoms with E-state index in [1.54, 1.807) is 52.0 Å². The SMILES string of the molecule is CCOC(=O)C=Nc1ccccc1NC(=O)OC(C)(C)C. The molecule has 114 valence electrons. The Balaban J connectivity index is 2.80. The van der Waals surface area contributed by atoms with Gasteiger partial charge in [-0.15, -0.1) is 0 Å². The lowest BCUT2D eigenvalue weighted by molar-refractivity contribution is -0.134. The van der Waals surface area contributed by atoms with Crippen molar-refractivity contribution in [3.05, 3.63) is 24.3 Å². The van der Waals surface area contributed by atoms with E-state index in [9.17, 15) is 9.59 Å². The molecule has 0 atom stereocenters. The second-order valence-corrected chi connectivity index (χ2v) is 5.15. The van der Waals surface area contributed by atoms with Gasteiger partial charge >= 0.3 is 12.1 Å². The zero-order valence-electron chi connectivity index (χ0n) is 12.7. The number of hydrogen-bond donors (Lipinski definition) is 1. The fourth-order valence-electron chi connectivity index (χ4n) is 1.41. The van der Waals surface area contributed by atoms with Crippen molar-refractivity contribution >= 4 is 29.7 Å². The van der Waals surface area contributed by atoms with E-state index >= 15 is 0 Å². The van der Waals surface area contributed by atoms with Gasteiger partial charge in [0.1, 0.15) is 11.8 Å². The highest BCUT2D eigenvalue weighted by Crippen LogP contribution is 2.24. The first kappa shape index (κ1) is 16.7. The summed E-state index contributed by atoms with van der Waals surface area (Å²) < 4.78 is 9.92. The third-order valence-corrected chi connectivity index (χ3v) is 2.14. The van der Waals surface area contributed by atoms with E-state index in [-0.39, 0.29) is 6.61 Å². The Hall–Kier alpha value is -2.37. The van der Waals surface area contributed by atoms with E-state index in [0.29, 0.717) is 11.4 Å². The van der Waals surface area contributed by atoms with Gasteiger partial charge in [0.25, 0.3) is 0 Å². The predicted octanol–water partition coefficient (Wildman–Crippen LogP) is 3.30. The average molecular weight is 292 g/mol. The lowest BCUT2D eigenvalue weighted by Crippen LogP contribution is -2.27. The molecule has 0 saturated heterocycles. The first-order chi connectivity index (χ1) is 9.81. The number of carbonyl (C=O) groups excluding carboxylic acids is 2. The standard InChI is InChI=1S/C15H20N2O4/c1-5-20-13(18)10-16-11-8-6-7-9-12(11)17-14(19)21-15(2,3)4/h6-10H,5H2,1-4H3,(H,17,19). The zero-order valence-corrected chi connectivity index (χ0v) is 12.7. The van der Waals surface area contributed by atoms with Crippen molar-refractivity contribution < 1.29 is 19.1 Å². The molecule has 0 aliphatic rings. The summed E-state index contributed by atoms with van der Waals surface area (Å²) in [6, 6.07) is 6.83. The Morgan fingerprint density at radius 3 is 2.57 bits per heavy atom. The fourth-order valence-corrected chi connectivity index (χ4v) is 1.41. The molecule has 6 nitrogen and oxygen atoms in total. The van der Waals surface area contributed by atoms with Crippen molar-refractivity contribution in [3.63, 3.8) is 0 Å². The van der Waals surface area contributed by atoms with Crippen LogP contribution in [-0.4, -0.2) is 30.5 Å². The van der Waals surface area contributed by atoms with Crippen LogP contribution in [0.1, 0.15) is 27.7 Å². The highest BCUT2D eigenvalue weighted by Gasteiger charge is 2.16. The molecule has 1 aromatic rings. The molecule has 0 aliphatic heterocycles. The number of rotatable bonds is 4. The van der Waals surface area contributed by atoms with E-state index in [0.717, 1.165) is 6.21 Å². The molecule has 1 aromatic carbocycles. The second kappa shape index (κ2) is 7.42. The second-order valence-electron chi connectivity index (χ2n) is 5.15. The predicted molar refractivity (Wildman–Crippen MR) is 81.1 cm³/mol. The number of hydrogen-bond acceptors (Lipinski definition) is 5. The summed E-state index contributed by atoms with van der Waals surface area (Å²) in [5.41, 5.74) is 0.302. The minimum Gasteiger partial charge on any atom is -0.462 e. The molecule has 0 radical (unpaired) electrons. The summed E-state index contributed by atoms with van der Waals surface area (Å²) in [5, 5.41) is 2.60. The van der Waals surface area contributed by atoms with Gasteiger partial charge in [0.05, 0.1) is 18.0 Å². The van der Waals surface area contributed by atoms with Crippen molar-refractivity contribution in [2.45, 2.75) is 33.3 Å². The summed E-state index contributed by atoms with van der Waals surface area (Å²) in [6.45, 7) is 7.32. The maximum absolute atomic E-state index is 11.7. The zero-order chi connectivity index (χ0) is 15.9. The monoisotopic (exact) mass is 292 g/mol. The van der Waals surface area contributed by atoms with E-state index in [1.165, 1.54) is 0 Å². The molecule has 21 heavy (non-hydrogen) atoms. The Labute approximate surface area is 124 Å².